The van der Waals surface area contributed by atoms with Gasteiger partial charge in [-0.1, -0.05) is 6.07 Å². The molecule has 5 N–H and O–H groups in total. The summed E-state index contributed by atoms with van der Waals surface area (Å²) in [4.78, 5) is 15.2. The molecule has 0 radical (unpaired) electrons. The molecule has 1 aromatic heterocycles. The van der Waals surface area contributed by atoms with Crippen molar-refractivity contribution in [3.05, 3.63) is 53.9 Å². The van der Waals surface area contributed by atoms with Crippen LogP contribution >= 0.6 is 0 Å². The first-order valence-corrected chi connectivity index (χ1v) is 5.49. The van der Waals surface area contributed by atoms with Gasteiger partial charge in [0.05, 0.1) is 16.9 Å². The zero-order valence-electron chi connectivity index (χ0n) is 9.76. The van der Waals surface area contributed by atoms with Crippen molar-refractivity contribution < 1.29 is 4.79 Å². The molecule has 0 saturated carbocycles. The number of nitrogens with zero attached hydrogens (tertiary/aromatic N) is 1. The van der Waals surface area contributed by atoms with Crippen LogP contribution in [-0.2, 0) is 6.54 Å². The summed E-state index contributed by atoms with van der Waals surface area (Å²) >= 11 is 0. The van der Waals surface area contributed by atoms with E-state index in [2.05, 4.69) is 10.3 Å². The Morgan fingerprint density at radius 2 is 1.94 bits per heavy atom. The maximum absolute atomic E-state index is 11.3. The Morgan fingerprint density at radius 3 is 2.61 bits per heavy atom. The minimum atomic E-state index is -0.500. The molecule has 1 heterocycles. The number of nitrogen functional groups attached to an aromatic ring is 1. The number of rotatable bonds is 4. The van der Waals surface area contributed by atoms with E-state index in [0.29, 0.717) is 23.5 Å². The van der Waals surface area contributed by atoms with Gasteiger partial charge >= 0.3 is 0 Å². The Kier molecular flexibility index (Phi) is 3.43. The van der Waals surface area contributed by atoms with E-state index in [0.717, 1.165) is 5.56 Å². The van der Waals surface area contributed by atoms with Crippen LogP contribution in [-0.4, -0.2) is 10.9 Å². The van der Waals surface area contributed by atoms with Crippen LogP contribution in [0.15, 0.2) is 42.7 Å². The van der Waals surface area contributed by atoms with Crippen LogP contribution in [0.1, 0.15) is 15.9 Å². The molecular formula is C13H14N4O. The summed E-state index contributed by atoms with van der Waals surface area (Å²) in [6.07, 6.45) is 3.42. The van der Waals surface area contributed by atoms with Gasteiger partial charge in [0.1, 0.15) is 0 Å². The van der Waals surface area contributed by atoms with Crippen LogP contribution in [0.4, 0.5) is 11.4 Å². The van der Waals surface area contributed by atoms with E-state index in [1.807, 2.05) is 12.1 Å². The summed E-state index contributed by atoms with van der Waals surface area (Å²) in [7, 11) is 0. The van der Waals surface area contributed by atoms with Gasteiger partial charge < -0.3 is 16.8 Å². The van der Waals surface area contributed by atoms with Gasteiger partial charge in [-0.3, -0.25) is 9.78 Å². The van der Waals surface area contributed by atoms with E-state index >= 15 is 0 Å². The molecule has 1 aromatic carbocycles. The highest BCUT2D eigenvalue weighted by Gasteiger charge is 2.10. The smallest absolute Gasteiger partial charge is 0.250 e. The van der Waals surface area contributed by atoms with Gasteiger partial charge in [0.15, 0.2) is 0 Å². The van der Waals surface area contributed by atoms with Gasteiger partial charge in [-0.15, -0.1) is 0 Å². The standard InChI is InChI=1S/C13H14N4O/c14-11-3-1-2-10(13(15)18)12(11)17-8-9-4-6-16-7-5-9/h1-7,17H,8,14H2,(H2,15,18). The van der Waals surface area contributed by atoms with Crippen molar-refractivity contribution in [1.82, 2.24) is 4.98 Å². The number of amides is 1. The number of aromatic nitrogens is 1. The van der Waals surface area contributed by atoms with Crippen molar-refractivity contribution in [3.8, 4) is 0 Å². The number of hydrogen-bond acceptors (Lipinski definition) is 4. The quantitative estimate of drug-likeness (QED) is 0.706. The summed E-state index contributed by atoms with van der Waals surface area (Å²) < 4.78 is 0. The van der Waals surface area contributed by atoms with Crippen molar-refractivity contribution in [2.24, 2.45) is 5.73 Å². The van der Waals surface area contributed by atoms with Crippen LogP contribution in [0.3, 0.4) is 0 Å². The molecule has 5 heteroatoms. The van der Waals surface area contributed by atoms with Crippen molar-refractivity contribution >= 4 is 17.3 Å². The highest BCUT2D eigenvalue weighted by molar-refractivity contribution is 6.01. The fourth-order valence-corrected chi connectivity index (χ4v) is 1.66. The molecule has 0 aliphatic rings. The SMILES string of the molecule is NC(=O)c1cccc(N)c1NCc1ccncc1. The highest BCUT2D eigenvalue weighted by atomic mass is 16.1. The second-order valence-electron chi connectivity index (χ2n) is 3.84. The van der Waals surface area contributed by atoms with E-state index in [1.165, 1.54) is 0 Å². The third kappa shape index (κ3) is 2.57. The normalized spacial score (nSPS) is 10.0. The molecular weight excluding hydrogens is 228 g/mol. The van der Waals surface area contributed by atoms with Gasteiger partial charge in [0.2, 0.25) is 0 Å². The van der Waals surface area contributed by atoms with E-state index < -0.39 is 5.91 Å². The Balaban J connectivity index is 2.21. The molecule has 0 aliphatic heterocycles. The molecule has 1 amide bonds. The molecule has 5 nitrogen and oxygen atoms in total. The first-order valence-electron chi connectivity index (χ1n) is 5.49. The van der Waals surface area contributed by atoms with Gasteiger partial charge in [-0.05, 0) is 29.8 Å². The summed E-state index contributed by atoms with van der Waals surface area (Å²) in [5, 5.41) is 3.13. The van der Waals surface area contributed by atoms with Crippen LogP contribution in [0.2, 0.25) is 0 Å². The van der Waals surface area contributed by atoms with Gasteiger partial charge in [-0.2, -0.15) is 0 Å². The fourth-order valence-electron chi connectivity index (χ4n) is 1.66. The second kappa shape index (κ2) is 5.18. The maximum Gasteiger partial charge on any atom is 0.250 e. The number of primary amides is 1. The number of pyridine rings is 1. The molecule has 2 aromatic rings. The molecule has 0 aliphatic carbocycles. The van der Waals surface area contributed by atoms with Gasteiger partial charge in [0.25, 0.3) is 5.91 Å². The van der Waals surface area contributed by atoms with E-state index in [-0.39, 0.29) is 0 Å². The first kappa shape index (κ1) is 11.9. The number of anilines is 2. The molecule has 18 heavy (non-hydrogen) atoms. The molecule has 2 rings (SSSR count). The number of nitrogens with two attached hydrogens (primary N) is 2. The van der Waals surface area contributed by atoms with Crippen LogP contribution in [0.5, 0.6) is 0 Å². The lowest BCUT2D eigenvalue weighted by molar-refractivity contribution is 0.100. The third-order valence-electron chi connectivity index (χ3n) is 2.58. The lowest BCUT2D eigenvalue weighted by Crippen LogP contribution is -2.15. The van der Waals surface area contributed by atoms with Crippen molar-refractivity contribution in [3.63, 3.8) is 0 Å². The van der Waals surface area contributed by atoms with Crippen molar-refractivity contribution in [1.29, 1.82) is 0 Å². The first-order chi connectivity index (χ1) is 8.68. The summed E-state index contributed by atoms with van der Waals surface area (Å²) in [6.45, 7) is 0.553. The Labute approximate surface area is 105 Å². The van der Waals surface area contributed by atoms with E-state index in [4.69, 9.17) is 11.5 Å². The predicted octanol–water partition coefficient (Wildman–Crippen LogP) is 1.37. The predicted molar refractivity (Wildman–Crippen MR) is 70.9 cm³/mol. The molecule has 0 unspecified atom stereocenters. The average molecular weight is 242 g/mol. The second-order valence-corrected chi connectivity index (χ2v) is 3.84. The summed E-state index contributed by atoms with van der Waals surface area (Å²) in [5.74, 6) is -0.500. The van der Waals surface area contributed by atoms with Gasteiger partial charge in [0, 0.05) is 18.9 Å². The zero-order chi connectivity index (χ0) is 13.0. The minimum Gasteiger partial charge on any atom is -0.397 e. The molecule has 0 spiro atoms. The summed E-state index contributed by atoms with van der Waals surface area (Å²) in [5.41, 5.74) is 13.7. The molecule has 0 bridgehead atoms. The molecule has 0 atom stereocenters. The lowest BCUT2D eigenvalue weighted by atomic mass is 10.1. The Hall–Kier alpha value is -2.56. The molecule has 92 valence electrons. The highest BCUT2D eigenvalue weighted by Crippen LogP contribution is 2.23. The zero-order valence-corrected chi connectivity index (χ0v) is 9.76. The van der Waals surface area contributed by atoms with Crippen LogP contribution in [0, 0.1) is 0 Å². The number of benzene rings is 1. The van der Waals surface area contributed by atoms with E-state index in [9.17, 15) is 4.79 Å². The summed E-state index contributed by atoms with van der Waals surface area (Å²) in [6, 6.07) is 8.84. The Bertz CT molecular complexity index is 554. The number of carbonyl (C=O) groups excluding carboxylic acids is 1. The largest absolute Gasteiger partial charge is 0.397 e. The Morgan fingerprint density at radius 1 is 1.22 bits per heavy atom. The lowest BCUT2D eigenvalue weighted by Gasteiger charge is -2.12. The number of nitrogens with one attached hydrogen (secondary N) is 1. The average Bonchev–Trinajstić information content (AvgIpc) is 2.38. The third-order valence-corrected chi connectivity index (χ3v) is 2.58. The van der Waals surface area contributed by atoms with Crippen molar-refractivity contribution in [2.45, 2.75) is 6.54 Å². The topological polar surface area (TPSA) is 94.0 Å². The van der Waals surface area contributed by atoms with Crippen molar-refractivity contribution in [2.75, 3.05) is 11.1 Å². The maximum atomic E-state index is 11.3. The minimum absolute atomic E-state index is 0.393. The number of para-hydroxylation sites is 1. The molecule has 0 saturated heterocycles. The fraction of sp³-hybridized carbons (Fsp3) is 0.0769. The molecule has 0 fully saturated rings. The number of hydrogen-bond donors (Lipinski definition) is 3. The monoisotopic (exact) mass is 242 g/mol. The number of carbonyl (C=O) groups is 1. The van der Waals surface area contributed by atoms with Crippen LogP contribution < -0.4 is 16.8 Å². The van der Waals surface area contributed by atoms with Crippen LogP contribution in [0.25, 0.3) is 0 Å². The van der Waals surface area contributed by atoms with E-state index in [1.54, 1.807) is 30.6 Å². The van der Waals surface area contributed by atoms with Gasteiger partial charge in [-0.25, -0.2) is 0 Å².